The Labute approximate surface area is 334 Å². The summed E-state index contributed by atoms with van der Waals surface area (Å²) in [6.45, 7) is 4.65. The van der Waals surface area contributed by atoms with Gasteiger partial charge in [-0.2, -0.15) is 0 Å². The van der Waals surface area contributed by atoms with Crippen LogP contribution in [0.5, 0.6) is 0 Å². The van der Waals surface area contributed by atoms with Crippen LogP contribution in [-0.2, 0) is 5.41 Å². The van der Waals surface area contributed by atoms with Gasteiger partial charge >= 0.3 is 0 Å². The van der Waals surface area contributed by atoms with Crippen LogP contribution in [0.1, 0.15) is 25.0 Å². The van der Waals surface area contributed by atoms with Crippen LogP contribution in [-0.4, -0.2) is 24.1 Å². The number of benzene rings is 7. The summed E-state index contributed by atoms with van der Waals surface area (Å²) in [7, 11) is 4.52. The Hall–Kier alpha value is -6.12. The van der Waals surface area contributed by atoms with Crippen LogP contribution in [0.2, 0.25) is 0 Å². The number of para-hydroxylation sites is 6. The van der Waals surface area contributed by atoms with Gasteiger partial charge in [-0.05, 0) is 96.1 Å². The summed E-state index contributed by atoms with van der Waals surface area (Å²) in [5.41, 5.74) is 16.5. The Kier molecular flexibility index (Phi) is 7.23. The van der Waals surface area contributed by atoms with E-state index in [9.17, 15) is 0 Å². The second-order valence-corrected chi connectivity index (χ2v) is 17.7. The Balaban J connectivity index is 0.889. The number of aromatic nitrogens is 2. The highest BCUT2D eigenvalue weighted by Crippen LogP contribution is 2.54. The third-order valence-corrected chi connectivity index (χ3v) is 13.9. The lowest BCUT2D eigenvalue weighted by Crippen LogP contribution is -2.39. The molecule has 5 nitrogen and oxygen atoms in total. The molecule has 9 aromatic rings. The normalized spacial score (nSPS) is 15.0. The fourth-order valence-corrected chi connectivity index (χ4v) is 10.8. The first-order valence-electron chi connectivity index (χ1n) is 19.0. The van der Waals surface area contributed by atoms with E-state index in [0.29, 0.717) is 4.48 Å². The van der Waals surface area contributed by atoms with E-state index in [-0.39, 0.29) is 5.41 Å². The lowest BCUT2D eigenvalue weighted by Gasteiger charge is -2.42. The molecule has 2 aliphatic rings. The highest BCUT2D eigenvalue weighted by atomic mass is 32.1. The number of hydrogen-bond acceptors (Lipinski definition) is 6. The van der Waals surface area contributed by atoms with Gasteiger partial charge in [-0.15, -0.1) is 22.7 Å². The molecule has 2 aliphatic heterocycles. The highest BCUT2D eigenvalue weighted by molar-refractivity contribution is 7.23. The number of rotatable bonds is 4. The third-order valence-electron chi connectivity index (χ3n) is 11.7. The summed E-state index contributed by atoms with van der Waals surface area (Å²) < 4.78 is 3.00. The maximum atomic E-state index is 5.14. The zero-order valence-corrected chi connectivity index (χ0v) is 33.2. The molecular weight excluding hydrogens is 723 g/mol. The molecule has 270 valence electrons. The highest BCUT2D eigenvalue weighted by Gasteiger charge is 2.38. The van der Waals surface area contributed by atoms with Gasteiger partial charge < -0.3 is 4.90 Å². The smallest absolute Gasteiger partial charge is 0.161 e. The monoisotopic (exact) mass is 760 g/mol. The molecular formula is C49H38N5S2+. The minimum absolute atomic E-state index is 0.0794. The molecule has 4 heterocycles. The molecule has 7 aromatic carbocycles. The molecule has 0 fully saturated rings. The van der Waals surface area contributed by atoms with Crippen molar-refractivity contribution in [1.82, 2.24) is 14.5 Å². The molecule has 7 heteroatoms. The molecule has 0 bridgehead atoms. The summed E-state index contributed by atoms with van der Waals surface area (Å²) in [4.78, 5) is 15.0. The Morgan fingerprint density at radius 2 is 0.839 bits per heavy atom. The lowest BCUT2D eigenvalue weighted by atomic mass is 9.73. The van der Waals surface area contributed by atoms with E-state index in [4.69, 9.17) is 9.97 Å². The average molecular weight is 761 g/mol. The van der Waals surface area contributed by atoms with Crippen LogP contribution >= 0.6 is 22.7 Å². The van der Waals surface area contributed by atoms with Crippen LogP contribution in [0.3, 0.4) is 0 Å². The molecule has 2 aromatic heterocycles. The maximum absolute atomic E-state index is 5.14. The number of nitrogens with zero attached hydrogens (tertiary/aromatic N) is 5. The zero-order valence-electron chi connectivity index (χ0n) is 31.6. The van der Waals surface area contributed by atoms with Gasteiger partial charge in [-0.1, -0.05) is 74.5 Å². The van der Waals surface area contributed by atoms with Gasteiger partial charge in [0.1, 0.15) is 21.4 Å². The summed E-state index contributed by atoms with van der Waals surface area (Å²) in [6, 6.07) is 57.2. The molecule has 0 N–H and O–H groups in total. The Morgan fingerprint density at radius 1 is 0.464 bits per heavy atom. The third kappa shape index (κ3) is 4.94. The van der Waals surface area contributed by atoms with Crippen molar-refractivity contribution in [2.45, 2.75) is 19.3 Å². The number of anilines is 6. The van der Waals surface area contributed by atoms with Crippen molar-refractivity contribution in [3.63, 3.8) is 0 Å². The first-order valence-corrected chi connectivity index (χ1v) is 20.6. The predicted molar refractivity (Wildman–Crippen MR) is 238 cm³/mol. The number of quaternary nitrogens is 1. The minimum Gasteiger partial charge on any atom is -0.310 e. The molecule has 0 aliphatic carbocycles. The lowest BCUT2D eigenvalue weighted by molar-refractivity contribution is 0.550. The van der Waals surface area contributed by atoms with Crippen molar-refractivity contribution >= 4 is 88.6 Å². The average Bonchev–Trinajstić information content (AvgIpc) is 3.84. The second kappa shape index (κ2) is 12.2. The van der Waals surface area contributed by atoms with Crippen LogP contribution < -0.4 is 14.3 Å². The van der Waals surface area contributed by atoms with Crippen molar-refractivity contribution in [3.8, 4) is 21.1 Å². The molecule has 0 radical (unpaired) electrons. The molecule has 0 spiro atoms. The van der Waals surface area contributed by atoms with Crippen molar-refractivity contribution in [2.75, 3.05) is 23.9 Å². The number of thiazole rings is 2. The first kappa shape index (κ1) is 33.2. The molecule has 0 saturated heterocycles. The summed E-state index contributed by atoms with van der Waals surface area (Å²) in [5, 5.41) is 2.03. The van der Waals surface area contributed by atoms with Gasteiger partial charge in [0.05, 0.1) is 45.9 Å². The van der Waals surface area contributed by atoms with Gasteiger partial charge in [0, 0.05) is 40.0 Å². The Bertz CT molecular complexity index is 2640. The fourth-order valence-electron chi connectivity index (χ4n) is 8.84. The van der Waals surface area contributed by atoms with E-state index in [1.54, 1.807) is 22.7 Å². The topological polar surface area (TPSA) is 32.3 Å². The summed E-state index contributed by atoms with van der Waals surface area (Å²) in [6.07, 6.45) is 0. The molecule has 56 heavy (non-hydrogen) atoms. The predicted octanol–water partition coefficient (Wildman–Crippen LogP) is 14.0. The second-order valence-electron chi connectivity index (χ2n) is 15.7. The van der Waals surface area contributed by atoms with E-state index in [0.717, 1.165) is 53.0 Å². The molecule has 0 unspecified atom stereocenters. The van der Waals surface area contributed by atoms with E-state index in [1.807, 2.05) is 0 Å². The molecule has 0 atom stereocenters. The summed E-state index contributed by atoms with van der Waals surface area (Å²) >= 11 is 3.46. The van der Waals surface area contributed by atoms with Crippen molar-refractivity contribution in [2.24, 2.45) is 0 Å². The van der Waals surface area contributed by atoms with Crippen LogP contribution in [0.15, 0.2) is 158 Å². The zero-order chi connectivity index (χ0) is 37.8. The molecule has 0 amide bonds. The molecule has 0 saturated carbocycles. The van der Waals surface area contributed by atoms with Crippen molar-refractivity contribution < 1.29 is 0 Å². The van der Waals surface area contributed by atoms with Gasteiger partial charge in [0.15, 0.2) is 11.4 Å². The number of fused-ring (bicyclic) bond motifs is 6. The van der Waals surface area contributed by atoms with Gasteiger partial charge in [0.25, 0.3) is 0 Å². The van der Waals surface area contributed by atoms with E-state index >= 15 is 0 Å². The van der Waals surface area contributed by atoms with E-state index < -0.39 is 0 Å². The van der Waals surface area contributed by atoms with Crippen molar-refractivity contribution in [1.29, 1.82) is 0 Å². The van der Waals surface area contributed by atoms with Gasteiger partial charge in [0.2, 0.25) is 0 Å². The largest absolute Gasteiger partial charge is 0.310 e. The van der Waals surface area contributed by atoms with Crippen LogP contribution in [0.25, 0.3) is 41.6 Å². The van der Waals surface area contributed by atoms with Crippen molar-refractivity contribution in [3.05, 3.63) is 169 Å². The maximum Gasteiger partial charge on any atom is 0.161 e. The first-order chi connectivity index (χ1) is 27.3. The van der Waals surface area contributed by atoms with Crippen LogP contribution in [0, 0.1) is 0 Å². The fraction of sp³-hybridized carbons (Fsp3) is 0.102. The Morgan fingerprint density at radius 3 is 1.29 bits per heavy atom. The quantitative estimate of drug-likeness (QED) is 0.167. The summed E-state index contributed by atoms with van der Waals surface area (Å²) in [5.74, 6) is 0. The minimum atomic E-state index is -0.0794. The van der Waals surface area contributed by atoms with E-state index in [2.05, 4.69) is 195 Å². The van der Waals surface area contributed by atoms with Crippen LogP contribution in [0.4, 0.5) is 45.5 Å². The van der Waals surface area contributed by atoms with E-state index in [1.165, 1.54) is 45.3 Å². The van der Waals surface area contributed by atoms with Gasteiger partial charge in [-0.3, -0.25) is 9.38 Å². The SMILES string of the molecule is CC1(C)c2ccccc2N(c2ccc(-c3nc4cc5sc(-c6ccc(N7c8ccccc8[N+](C)(C)c8ccccc87)cc6)nc5cc4s3)cc2)c2ccccc21. The standard InChI is InChI=1S/C49H38N5S2/c1-49(2)35-13-5-7-15-39(35)52(40-16-8-6-14-36(40)49)33-25-21-31(22-26-33)47-50-37-29-46-38(30-45(37)55-47)51-48(56-46)32-23-27-34(28-24-32)53-41-17-9-11-19-43(41)54(3,4)44-20-12-10-18-42(44)53/h5-30H,1-4H3/q+1. The van der Waals surface area contributed by atoms with Gasteiger partial charge in [-0.25, -0.2) is 9.97 Å². The number of hydrogen-bond donors (Lipinski definition) is 0. The molecule has 11 rings (SSSR count).